The number of benzene rings is 2. The van der Waals surface area contributed by atoms with Crippen molar-refractivity contribution in [2.24, 2.45) is 0 Å². The zero-order chi connectivity index (χ0) is 11.8. The Bertz CT molecular complexity index is 693. The van der Waals surface area contributed by atoms with Crippen LogP contribution >= 0.6 is 11.6 Å². The largest absolute Gasteiger partial charge is 0.435 e. The van der Waals surface area contributed by atoms with Gasteiger partial charge in [-0.15, -0.1) is 0 Å². The highest BCUT2D eigenvalue weighted by Crippen LogP contribution is 2.28. The van der Waals surface area contributed by atoms with E-state index >= 15 is 0 Å². The minimum Gasteiger partial charge on any atom is -0.435 e. The van der Waals surface area contributed by atoms with Crippen LogP contribution in [0.2, 0.25) is 5.02 Å². The lowest BCUT2D eigenvalue weighted by molar-refractivity contribution is 0.611. The fourth-order valence-corrected chi connectivity index (χ4v) is 1.87. The summed E-state index contributed by atoms with van der Waals surface area (Å²) in [6, 6.07) is 11.4. The van der Waals surface area contributed by atoms with Gasteiger partial charge < -0.3 is 4.42 Å². The average Bonchev–Trinajstić information content (AvgIpc) is 2.74. The van der Waals surface area contributed by atoms with Crippen molar-refractivity contribution in [1.29, 1.82) is 0 Å². The van der Waals surface area contributed by atoms with Crippen LogP contribution in [-0.2, 0) is 0 Å². The Labute approximate surface area is 102 Å². The number of hydrogen-bond acceptors (Lipinski definition) is 2. The molecule has 0 radical (unpaired) electrons. The molecule has 84 valence electrons. The minimum absolute atomic E-state index is 0.323. The van der Waals surface area contributed by atoms with Gasteiger partial charge in [0, 0.05) is 5.56 Å². The normalized spacial score (nSPS) is 10.9. The molecule has 0 aliphatic rings. The third kappa shape index (κ3) is 1.78. The van der Waals surface area contributed by atoms with Crippen molar-refractivity contribution in [2.45, 2.75) is 0 Å². The highest BCUT2D eigenvalue weighted by Gasteiger charge is 2.10. The monoisotopic (exact) mass is 247 g/mol. The first kappa shape index (κ1) is 10.3. The SMILES string of the molecule is Fc1cccc(-c2nc3cccc(Cl)c3o2)c1. The van der Waals surface area contributed by atoms with Gasteiger partial charge >= 0.3 is 0 Å². The Morgan fingerprint density at radius 1 is 1.12 bits per heavy atom. The Morgan fingerprint density at radius 3 is 2.71 bits per heavy atom. The van der Waals surface area contributed by atoms with Gasteiger partial charge in [-0.2, -0.15) is 0 Å². The van der Waals surface area contributed by atoms with Gasteiger partial charge in [0.25, 0.3) is 0 Å². The van der Waals surface area contributed by atoms with Gasteiger partial charge in [-0.1, -0.05) is 23.7 Å². The van der Waals surface area contributed by atoms with Crippen LogP contribution in [0.5, 0.6) is 0 Å². The van der Waals surface area contributed by atoms with Crippen LogP contribution in [-0.4, -0.2) is 4.98 Å². The standard InChI is InChI=1S/C13H7ClFNO/c14-10-5-2-6-11-12(10)17-13(16-11)8-3-1-4-9(15)7-8/h1-7H. The average molecular weight is 248 g/mol. The molecule has 0 aliphatic carbocycles. The van der Waals surface area contributed by atoms with Gasteiger partial charge in [-0.05, 0) is 30.3 Å². The Hall–Kier alpha value is -1.87. The van der Waals surface area contributed by atoms with E-state index in [9.17, 15) is 4.39 Å². The molecule has 17 heavy (non-hydrogen) atoms. The second-order valence-electron chi connectivity index (χ2n) is 3.62. The van der Waals surface area contributed by atoms with E-state index in [1.165, 1.54) is 12.1 Å². The van der Waals surface area contributed by atoms with Gasteiger partial charge in [0.15, 0.2) is 5.58 Å². The molecule has 0 atom stereocenters. The number of oxazole rings is 1. The van der Waals surface area contributed by atoms with E-state index in [2.05, 4.69) is 4.98 Å². The van der Waals surface area contributed by atoms with Crippen molar-refractivity contribution in [1.82, 2.24) is 4.98 Å². The molecule has 1 aromatic heterocycles. The molecule has 0 amide bonds. The summed E-state index contributed by atoms with van der Waals surface area (Å²) in [5.41, 5.74) is 1.78. The van der Waals surface area contributed by atoms with E-state index in [0.29, 0.717) is 27.6 Å². The number of aromatic nitrogens is 1. The summed E-state index contributed by atoms with van der Waals surface area (Å²) in [7, 11) is 0. The van der Waals surface area contributed by atoms with Crippen LogP contribution in [0.3, 0.4) is 0 Å². The van der Waals surface area contributed by atoms with Crippen LogP contribution < -0.4 is 0 Å². The fourth-order valence-electron chi connectivity index (χ4n) is 1.66. The smallest absolute Gasteiger partial charge is 0.227 e. The number of rotatable bonds is 1. The van der Waals surface area contributed by atoms with Gasteiger partial charge in [-0.25, -0.2) is 9.37 Å². The van der Waals surface area contributed by atoms with Crippen LogP contribution in [0.1, 0.15) is 0 Å². The summed E-state index contributed by atoms with van der Waals surface area (Å²) in [6.45, 7) is 0. The molecule has 0 spiro atoms. The Balaban J connectivity index is 2.22. The highest BCUT2D eigenvalue weighted by atomic mass is 35.5. The topological polar surface area (TPSA) is 26.0 Å². The lowest BCUT2D eigenvalue weighted by Gasteiger charge is -1.94. The summed E-state index contributed by atoms with van der Waals surface area (Å²) < 4.78 is 18.6. The molecule has 0 N–H and O–H groups in total. The molecule has 2 aromatic carbocycles. The van der Waals surface area contributed by atoms with Crippen molar-refractivity contribution in [3.05, 3.63) is 53.3 Å². The molecule has 0 bridgehead atoms. The van der Waals surface area contributed by atoms with E-state index in [1.54, 1.807) is 30.3 Å². The maximum atomic E-state index is 13.1. The summed E-state index contributed by atoms with van der Waals surface area (Å²) >= 11 is 5.98. The van der Waals surface area contributed by atoms with Crippen LogP contribution in [0.25, 0.3) is 22.6 Å². The van der Waals surface area contributed by atoms with E-state index in [4.69, 9.17) is 16.0 Å². The molecule has 2 nitrogen and oxygen atoms in total. The Kier molecular flexibility index (Phi) is 2.34. The van der Waals surface area contributed by atoms with Crippen LogP contribution in [0.15, 0.2) is 46.9 Å². The van der Waals surface area contributed by atoms with Crippen molar-refractivity contribution in [2.75, 3.05) is 0 Å². The molecule has 0 saturated carbocycles. The maximum absolute atomic E-state index is 13.1. The van der Waals surface area contributed by atoms with Gasteiger partial charge in [0.1, 0.15) is 11.3 Å². The first-order valence-corrected chi connectivity index (χ1v) is 5.43. The molecule has 0 unspecified atom stereocenters. The Morgan fingerprint density at radius 2 is 1.94 bits per heavy atom. The predicted octanol–water partition coefficient (Wildman–Crippen LogP) is 4.29. The van der Waals surface area contributed by atoms with Crippen molar-refractivity contribution in [3.63, 3.8) is 0 Å². The summed E-state index contributed by atoms with van der Waals surface area (Å²) in [5.74, 6) is 0.0449. The minimum atomic E-state index is -0.323. The van der Waals surface area contributed by atoms with E-state index in [0.717, 1.165) is 0 Å². The van der Waals surface area contributed by atoms with Gasteiger partial charge in [0.05, 0.1) is 5.02 Å². The van der Waals surface area contributed by atoms with E-state index < -0.39 is 0 Å². The van der Waals surface area contributed by atoms with E-state index in [1.807, 2.05) is 0 Å². The highest BCUT2D eigenvalue weighted by molar-refractivity contribution is 6.34. The number of nitrogens with zero attached hydrogens (tertiary/aromatic N) is 1. The molecule has 0 aliphatic heterocycles. The third-order valence-electron chi connectivity index (χ3n) is 2.44. The number of fused-ring (bicyclic) bond motifs is 1. The van der Waals surface area contributed by atoms with Crippen LogP contribution in [0.4, 0.5) is 4.39 Å². The third-order valence-corrected chi connectivity index (χ3v) is 2.74. The second-order valence-corrected chi connectivity index (χ2v) is 4.02. The van der Waals surface area contributed by atoms with Gasteiger partial charge in [0.2, 0.25) is 5.89 Å². The van der Waals surface area contributed by atoms with E-state index in [-0.39, 0.29) is 5.82 Å². The summed E-state index contributed by atoms with van der Waals surface area (Å²) in [5, 5.41) is 0.498. The lowest BCUT2D eigenvalue weighted by Crippen LogP contribution is -1.78. The van der Waals surface area contributed by atoms with Crippen molar-refractivity contribution >= 4 is 22.7 Å². The second kappa shape index (κ2) is 3.86. The summed E-state index contributed by atoms with van der Waals surface area (Å²) in [6.07, 6.45) is 0. The molecular formula is C13H7ClFNO. The molecule has 3 rings (SSSR count). The number of para-hydroxylation sites is 1. The fraction of sp³-hybridized carbons (Fsp3) is 0. The molecule has 1 heterocycles. The first-order chi connectivity index (χ1) is 8.24. The summed E-state index contributed by atoms with van der Waals surface area (Å²) in [4.78, 5) is 4.27. The molecular weight excluding hydrogens is 241 g/mol. The van der Waals surface area contributed by atoms with Crippen molar-refractivity contribution in [3.8, 4) is 11.5 Å². The predicted molar refractivity (Wildman–Crippen MR) is 64.4 cm³/mol. The molecule has 4 heteroatoms. The van der Waals surface area contributed by atoms with Gasteiger partial charge in [-0.3, -0.25) is 0 Å². The number of halogens is 2. The molecule has 0 fully saturated rings. The first-order valence-electron chi connectivity index (χ1n) is 5.05. The maximum Gasteiger partial charge on any atom is 0.227 e. The molecule has 0 saturated heterocycles. The van der Waals surface area contributed by atoms with Crippen molar-refractivity contribution < 1.29 is 8.81 Å². The molecule has 3 aromatic rings. The number of hydrogen-bond donors (Lipinski definition) is 0. The van der Waals surface area contributed by atoms with Crippen LogP contribution in [0, 0.1) is 5.82 Å². The quantitative estimate of drug-likeness (QED) is 0.641. The lowest BCUT2D eigenvalue weighted by atomic mass is 10.2. The zero-order valence-electron chi connectivity index (χ0n) is 8.65. The zero-order valence-corrected chi connectivity index (χ0v) is 9.41.